The van der Waals surface area contributed by atoms with Gasteiger partial charge in [0.25, 0.3) is 0 Å². The van der Waals surface area contributed by atoms with Gasteiger partial charge in [-0.2, -0.15) is 5.26 Å². The van der Waals surface area contributed by atoms with E-state index >= 15 is 0 Å². The summed E-state index contributed by atoms with van der Waals surface area (Å²) in [4.78, 5) is 4.13. The lowest BCUT2D eigenvalue weighted by molar-refractivity contribution is 0.174. The van der Waals surface area contributed by atoms with Gasteiger partial charge in [-0.3, -0.25) is 0 Å². The molecule has 0 saturated heterocycles. The minimum absolute atomic E-state index is 0.242. The van der Waals surface area contributed by atoms with E-state index in [2.05, 4.69) is 16.4 Å². The molecule has 0 radical (unpaired) electrons. The molecule has 1 aliphatic heterocycles. The van der Waals surface area contributed by atoms with Gasteiger partial charge in [0.1, 0.15) is 11.9 Å². The maximum atomic E-state index is 8.98. The number of nitrogens with zero attached hydrogens (tertiary/aromatic N) is 2. The fourth-order valence-corrected chi connectivity index (χ4v) is 1.71. The molecule has 0 bridgehead atoms. The number of hydrogen-bond acceptors (Lipinski definition) is 5. The minimum atomic E-state index is 0.242. The molecule has 1 aliphatic rings. The first-order valence-corrected chi connectivity index (χ1v) is 5.38. The minimum Gasteiger partial charge on any atom is -0.454 e. The van der Waals surface area contributed by atoms with Crippen LogP contribution in [0, 0.1) is 11.3 Å². The van der Waals surface area contributed by atoms with Crippen LogP contribution >= 0.6 is 0 Å². The maximum absolute atomic E-state index is 8.98. The van der Waals surface area contributed by atoms with Crippen molar-refractivity contribution in [3.8, 4) is 17.6 Å². The van der Waals surface area contributed by atoms with Gasteiger partial charge in [0.2, 0.25) is 6.79 Å². The summed E-state index contributed by atoms with van der Waals surface area (Å²) in [6.45, 7) is 0.242. The van der Waals surface area contributed by atoms with Crippen LogP contribution in [0.1, 0.15) is 5.56 Å². The summed E-state index contributed by atoms with van der Waals surface area (Å²) < 4.78 is 10.5. The van der Waals surface area contributed by atoms with Crippen molar-refractivity contribution >= 4 is 11.5 Å². The van der Waals surface area contributed by atoms with E-state index in [9.17, 15) is 0 Å². The molecule has 0 atom stereocenters. The molecule has 0 amide bonds. The van der Waals surface area contributed by atoms with Crippen molar-refractivity contribution in [1.29, 1.82) is 5.26 Å². The van der Waals surface area contributed by atoms with Crippen LogP contribution in [-0.4, -0.2) is 11.8 Å². The first-order valence-electron chi connectivity index (χ1n) is 5.38. The Hall–Kier alpha value is -2.74. The SMILES string of the molecule is N#Cc1cccnc1Nc1ccc2c(c1)OCO2. The lowest BCUT2D eigenvalue weighted by Gasteiger charge is -2.07. The van der Waals surface area contributed by atoms with E-state index in [4.69, 9.17) is 14.7 Å². The van der Waals surface area contributed by atoms with Gasteiger partial charge >= 0.3 is 0 Å². The fraction of sp³-hybridized carbons (Fsp3) is 0.0769. The van der Waals surface area contributed by atoms with E-state index in [1.807, 2.05) is 18.2 Å². The molecular weight excluding hydrogens is 230 g/mol. The van der Waals surface area contributed by atoms with Gasteiger partial charge < -0.3 is 14.8 Å². The van der Waals surface area contributed by atoms with E-state index in [1.54, 1.807) is 18.3 Å². The molecule has 5 heteroatoms. The normalized spacial score (nSPS) is 11.9. The lowest BCUT2D eigenvalue weighted by atomic mass is 10.2. The summed E-state index contributed by atoms with van der Waals surface area (Å²) in [6, 6.07) is 11.0. The average molecular weight is 239 g/mol. The highest BCUT2D eigenvalue weighted by Crippen LogP contribution is 2.35. The lowest BCUT2D eigenvalue weighted by Crippen LogP contribution is -1.96. The van der Waals surface area contributed by atoms with Gasteiger partial charge in [-0.25, -0.2) is 4.98 Å². The predicted octanol–water partition coefficient (Wildman–Crippen LogP) is 2.43. The summed E-state index contributed by atoms with van der Waals surface area (Å²) in [5, 5.41) is 12.1. The highest BCUT2D eigenvalue weighted by Gasteiger charge is 2.13. The number of hydrogen-bond donors (Lipinski definition) is 1. The molecule has 0 unspecified atom stereocenters. The molecule has 2 heterocycles. The van der Waals surface area contributed by atoms with Crippen molar-refractivity contribution < 1.29 is 9.47 Å². The standard InChI is InChI=1S/C13H9N3O2/c14-7-9-2-1-5-15-13(9)16-10-3-4-11-12(6-10)18-8-17-11/h1-6H,8H2,(H,15,16). The Balaban J connectivity index is 1.91. The zero-order valence-electron chi connectivity index (χ0n) is 9.38. The number of nitrogens with one attached hydrogen (secondary N) is 1. The summed E-state index contributed by atoms with van der Waals surface area (Å²) in [5.41, 5.74) is 1.30. The Labute approximate surface area is 104 Å². The van der Waals surface area contributed by atoms with Gasteiger partial charge in [-0.05, 0) is 24.3 Å². The van der Waals surface area contributed by atoms with Gasteiger partial charge in [-0.1, -0.05) is 0 Å². The van der Waals surface area contributed by atoms with Crippen LogP contribution in [0.2, 0.25) is 0 Å². The van der Waals surface area contributed by atoms with Crippen molar-refractivity contribution in [1.82, 2.24) is 4.98 Å². The number of anilines is 2. The Morgan fingerprint density at radius 2 is 2.11 bits per heavy atom. The molecule has 2 aromatic rings. The smallest absolute Gasteiger partial charge is 0.231 e. The predicted molar refractivity (Wildman–Crippen MR) is 64.8 cm³/mol. The number of ether oxygens (including phenoxy) is 2. The molecule has 1 aromatic carbocycles. The number of rotatable bonds is 2. The van der Waals surface area contributed by atoms with Crippen molar-refractivity contribution in [2.45, 2.75) is 0 Å². The zero-order chi connectivity index (χ0) is 12.4. The molecule has 1 aromatic heterocycles. The fourth-order valence-electron chi connectivity index (χ4n) is 1.71. The Morgan fingerprint density at radius 3 is 3.00 bits per heavy atom. The summed E-state index contributed by atoms with van der Waals surface area (Å²) in [7, 11) is 0. The first kappa shape index (κ1) is 10.4. The van der Waals surface area contributed by atoms with Gasteiger partial charge in [-0.15, -0.1) is 0 Å². The van der Waals surface area contributed by atoms with Crippen LogP contribution in [0.3, 0.4) is 0 Å². The first-order chi connectivity index (χ1) is 8.86. The quantitative estimate of drug-likeness (QED) is 0.871. The summed E-state index contributed by atoms with van der Waals surface area (Å²) >= 11 is 0. The van der Waals surface area contributed by atoms with E-state index < -0.39 is 0 Å². The number of benzene rings is 1. The molecule has 0 saturated carbocycles. The molecule has 3 rings (SSSR count). The average Bonchev–Trinajstić information content (AvgIpc) is 2.87. The maximum Gasteiger partial charge on any atom is 0.231 e. The molecule has 0 spiro atoms. The summed E-state index contributed by atoms with van der Waals surface area (Å²) in [5.74, 6) is 1.94. The van der Waals surface area contributed by atoms with Crippen molar-refractivity contribution in [2.75, 3.05) is 12.1 Å². The highest BCUT2D eigenvalue weighted by molar-refractivity contribution is 5.65. The molecule has 88 valence electrons. The number of fused-ring (bicyclic) bond motifs is 1. The van der Waals surface area contributed by atoms with Crippen molar-refractivity contribution in [3.63, 3.8) is 0 Å². The summed E-state index contributed by atoms with van der Waals surface area (Å²) in [6.07, 6.45) is 1.64. The van der Waals surface area contributed by atoms with Crippen LogP contribution in [0.15, 0.2) is 36.5 Å². The van der Waals surface area contributed by atoms with Crippen molar-refractivity contribution in [2.24, 2.45) is 0 Å². The third-order valence-corrected chi connectivity index (χ3v) is 2.56. The van der Waals surface area contributed by atoms with E-state index in [1.165, 1.54) is 0 Å². The second-order valence-corrected chi connectivity index (χ2v) is 3.70. The van der Waals surface area contributed by atoms with Crippen molar-refractivity contribution in [3.05, 3.63) is 42.1 Å². The Kier molecular flexibility index (Phi) is 2.47. The van der Waals surface area contributed by atoms with Crippen LogP contribution in [0.25, 0.3) is 0 Å². The third-order valence-electron chi connectivity index (χ3n) is 2.56. The van der Waals surface area contributed by atoms with Crippen LogP contribution in [0.5, 0.6) is 11.5 Å². The second-order valence-electron chi connectivity index (χ2n) is 3.70. The molecular formula is C13H9N3O2. The van der Waals surface area contributed by atoms with E-state index in [0.29, 0.717) is 17.1 Å². The molecule has 5 nitrogen and oxygen atoms in total. The Bertz CT molecular complexity index is 634. The largest absolute Gasteiger partial charge is 0.454 e. The van der Waals surface area contributed by atoms with Gasteiger partial charge in [0.05, 0.1) is 5.56 Å². The second kappa shape index (κ2) is 4.26. The molecule has 0 fully saturated rings. The third kappa shape index (κ3) is 1.80. The number of aromatic nitrogens is 1. The van der Waals surface area contributed by atoms with Crippen LogP contribution < -0.4 is 14.8 Å². The van der Waals surface area contributed by atoms with Crippen LogP contribution in [-0.2, 0) is 0 Å². The van der Waals surface area contributed by atoms with Gasteiger partial charge in [0, 0.05) is 18.0 Å². The number of pyridine rings is 1. The topological polar surface area (TPSA) is 67.2 Å². The molecule has 1 N–H and O–H groups in total. The zero-order valence-corrected chi connectivity index (χ0v) is 9.38. The van der Waals surface area contributed by atoms with Gasteiger partial charge in [0.15, 0.2) is 11.5 Å². The van der Waals surface area contributed by atoms with E-state index in [0.717, 1.165) is 11.4 Å². The Morgan fingerprint density at radius 1 is 1.22 bits per heavy atom. The molecule has 18 heavy (non-hydrogen) atoms. The number of nitriles is 1. The molecule has 0 aliphatic carbocycles. The van der Waals surface area contributed by atoms with E-state index in [-0.39, 0.29) is 6.79 Å². The highest BCUT2D eigenvalue weighted by atomic mass is 16.7. The monoisotopic (exact) mass is 239 g/mol. The van der Waals surface area contributed by atoms with Crippen LogP contribution in [0.4, 0.5) is 11.5 Å².